The molecule has 0 aliphatic carbocycles. The number of hydrogen-bond acceptors (Lipinski definition) is 3. The highest BCUT2D eigenvalue weighted by atomic mass is 31.2. The van der Waals surface area contributed by atoms with Crippen molar-refractivity contribution in [1.29, 1.82) is 0 Å². The van der Waals surface area contributed by atoms with Gasteiger partial charge in [-0.1, -0.05) is 78.9 Å². The first kappa shape index (κ1) is 16.4. The molecule has 0 bridgehead atoms. The highest BCUT2D eigenvalue weighted by molar-refractivity contribution is 7.67. The molecule has 3 nitrogen and oxygen atoms in total. The smallest absolute Gasteiger partial charge is 0.271 e. The summed E-state index contributed by atoms with van der Waals surface area (Å²) in [5.41, 5.74) is 1.73. The molecular formula is C21H19O3P. The predicted octanol–water partition coefficient (Wildman–Crippen LogP) is 3.47. The Kier molecular flexibility index (Phi) is 4.41. The van der Waals surface area contributed by atoms with Gasteiger partial charge in [0.05, 0.1) is 5.41 Å². The van der Waals surface area contributed by atoms with Crippen LogP contribution in [0.5, 0.6) is 0 Å². The van der Waals surface area contributed by atoms with E-state index in [1.165, 1.54) is 0 Å². The van der Waals surface area contributed by atoms with E-state index < -0.39 is 13.4 Å². The molecule has 0 radical (unpaired) electrons. The van der Waals surface area contributed by atoms with Crippen LogP contribution in [0.1, 0.15) is 11.1 Å². The second kappa shape index (κ2) is 6.70. The summed E-state index contributed by atoms with van der Waals surface area (Å²) in [5.74, 6) is 0. The van der Waals surface area contributed by atoms with Crippen molar-refractivity contribution in [2.45, 2.75) is 5.41 Å². The second-order valence-electron chi connectivity index (χ2n) is 6.19. The van der Waals surface area contributed by atoms with Crippen LogP contribution in [-0.4, -0.2) is 13.2 Å². The normalized spacial score (nSPS) is 18.6. The molecule has 3 aromatic rings. The van der Waals surface area contributed by atoms with Crippen molar-refractivity contribution in [3.05, 3.63) is 102 Å². The van der Waals surface area contributed by atoms with Gasteiger partial charge >= 0.3 is 0 Å². The van der Waals surface area contributed by atoms with Gasteiger partial charge in [-0.2, -0.15) is 0 Å². The number of hydrogen-bond donors (Lipinski definition) is 0. The van der Waals surface area contributed by atoms with Gasteiger partial charge in [0.1, 0.15) is 18.5 Å². The molecule has 0 aromatic heterocycles. The monoisotopic (exact) mass is 350 g/mol. The van der Waals surface area contributed by atoms with Crippen LogP contribution < -0.4 is 10.2 Å². The summed E-state index contributed by atoms with van der Waals surface area (Å²) in [6.45, 7) is 0.625. The summed E-state index contributed by atoms with van der Waals surface area (Å²) in [6, 6.07) is 29.4. The fraction of sp³-hybridized carbons (Fsp3) is 0.143. The van der Waals surface area contributed by atoms with Crippen LogP contribution in [-0.2, 0) is 14.5 Å². The largest absolute Gasteiger partial charge is 0.627 e. The lowest BCUT2D eigenvalue weighted by Gasteiger charge is -2.42. The molecule has 25 heavy (non-hydrogen) atoms. The molecule has 1 aliphatic heterocycles. The van der Waals surface area contributed by atoms with E-state index in [9.17, 15) is 4.89 Å². The van der Waals surface area contributed by atoms with Crippen molar-refractivity contribution in [2.24, 2.45) is 0 Å². The van der Waals surface area contributed by atoms with Gasteiger partial charge in [-0.3, -0.25) is 0 Å². The van der Waals surface area contributed by atoms with E-state index >= 15 is 0 Å². The highest BCUT2D eigenvalue weighted by Crippen LogP contribution is 2.57. The fourth-order valence-corrected chi connectivity index (χ4v) is 4.93. The third-order valence-corrected chi connectivity index (χ3v) is 6.56. The molecule has 126 valence electrons. The topological polar surface area (TPSA) is 41.5 Å². The standard InChI is InChI=1S/C21H19O3P/c22-25(20-14-8-3-9-15-20)23-16-21(17-24-25,18-10-4-1-5-11-18)19-12-6-2-7-13-19/h1-15H,16-17H2. The Bertz CT molecular complexity index is 772. The Morgan fingerprint density at radius 1 is 0.640 bits per heavy atom. The Balaban J connectivity index is 1.71. The summed E-state index contributed by atoms with van der Waals surface area (Å²) in [4.78, 5) is 13.1. The van der Waals surface area contributed by atoms with Crippen molar-refractivity contribution >= 4 is 13.2 Å². The molecule has 1 saturated heterocycles. The van der Waals surface area contributed by atoms with Crippen LogP contribution in [0.25, 0.3) is 0 Å². The van der Waals surface area contributed by atoms with Crippen molar-refractivity contribution in [2.75, 3.05) is 13.2 Å². The maximum Gasteiger partial charge on any atom is 0.271 e. The van der Waals surface area contributed by atoms with Crippen molar-refractivity contribution in [3.63, 3.8) is 0 Å². The van der Waals surface area contributed by atoms with Crippen LogP contribution in [0.3, 0.4) is 0 Å². The van der Waals surface area contributed by atoms with Gasteiger partial charge in [-0.25, -0.2) is 9.05 Å². The average molecular weight is 350 g/mol. The highest BCUT2D eigenvalue weighted by Gasteiger charge is 2.49. The molecule has 0 amide bonds. The van der Waals surface area contributed by atoms with E-state index in [1.54, 1.807) is 12.1 Å². The molecule has 0 saturated carbocycles. The van der Waals surface area contributed by atoms with Gasteiger partial charge in [0, 0.05) is 0 Å². The van der Waals surface area contributed by atoms with Crippen LogP contribution in [0.2, 0.25) is 0 Å². The first-order chi connectivity index (χ1) is 12.2. The minimum Gasteiger partial charge on any atom is -0.627 e. The minimum absolute atomic E-state index is 0.313. The van der Waals surface area contributed by atoms with E-state index in [0.29, 0.717) is 18.5 Å². The van der Waals surface area contributed by atoms with Gasteiger partial charge in [0.25, 0.3) is 7.94 Å². The van der Waals surface area contributed by atoms with E-state index in [-0.39, 0.29) is 0 Å². The van der Waals surface area contributed by atoms with Crippen molar-refractivity contribution in [3.8, 4) is 0 Å². The Morgan fingerprint density at radius 2 is 1.04 bits per heavy atom. The summed E-state index contributed by atoms with van der Waals surface area (Å²) in [5, 5.41) is 0.602. The van der Waals surface area contributed by atoms with Gasteiger partial charge in [0.15, 0.2) is 0 Å². The molecule has 3 aromatic carbocycles. The minimum atomic E-state index is -3.29. The number of rotatable bonds is 3. The molecule has 0 unspecified atom stereocenters. The average Bonchev–Trinajstić information content (AvgIpc) is 2.71. The molecule has 1 heterocycles. The van der Waals surface area contributed by atoms with Crippen LogP contribution >= 0.6 is 7.94 Å². The van der Waals surface area contributed by atoms with Crippen LogP contribution in [0.15, 0.2) is 91.0 Å². The maximum absolute atomic E-state index is 13.1. The summed E-state index contributed by atoms with van der Waals surface area (Å²) in [7, 11) is -3.29. The van der Waals surface area contributed by atoms with Gasteiger partial charge in [0.2, 0.25) is 0 Å². The quantitative estimate of drug-likeness (QED) is 0.679. The van der Waals surface area contributed by atoms with Crippen molar-refractivity contribution in [1.82, 2.24) is 0 Å². The van der Waals surface area contributed by atoms with Gasteiger partial charge < -0.3 is 4.89 Å². The molecule has 0 atom stereocenters. The molecule has 4 rings (SSSR count). The zero-order valence-electron chi connectivity index (χ0n) is 13.7. The lowest BCUT2D eigenvalue weighted by Crippen LogP contribution is -2.46. The first-order valence-corrected chi connectivity index (χ1v) is 9.83. The predicted molar refractivity (Wildman–Crippen MR) is 98.6 cm³/mol. The zero-order valence-corrected chi connectivity index (χ0v) is 14.6. The Labute approximate surface area is 148 Å². The Morgan fingerprint density at radius 3 is 1.48 bits per heavy atom. The zero-order chi connectivity index (χ0) is 17.2. The van der Waals surface area contributed by atoms with Crippen molar-refractivity contribution < 1.29 is 13.9 Å². The molecule has 4 heteroatoms. The Hall–Kier alpha value is -2.03. The molecular weight excluding hydrogens is 331 g/mol. The summed E-state index contributed by atoms with van der Waals surface area (Å²) in [6.07, 6.45) is 0. The fourth-order valence-electron chi connectivity index (χ4n) is 3.24. The third-order valence-electron chi connectivity index (χ3n) is 4.69. The lowest BCUT2D eigenvalue weighted by atomic mass is 9.76. The summed E-state index contributed by atoms with van der Waals surface area (Å²) >= 11 is 0. The van der Waals surface area contributed by atoms with Gasteiger partial charge in [-0.15, -0.1) is 0 Å². The third kappa shape index (κ3) is 3.01. The molecule has 0 N–H and O–H groups in total. The van der Waals surface area contributed by atoms with Crippen LogP contribution in [0, 0.1) is 0 Å². The molecule has 1 aliphatic rings. The van der Waals surface area contributed by atoms with E-state index in [2.05, 4.69) is 24.3 Å². The van der Waals surface area contributed by atoms with E-state index in [4.69, 9.17) is 9.05 Å². The lowest BCUT2D eigenvalue weighted by molar-refractivity contribution is -0.223. The first-order valence-electron chi connectivity index (χ1n) is 8.29. The van der Waals surface area contributed by atoms with E-state index in [1.807, 2.05) is 54.6 Å². The SMILES string of the molecule is [O-][P+]1(c2ccccc2)OCC(c2ccccc2)(c2ccccc2)CO1. The second-order valence-corrected chi connectivity index (χ2v) is 8.22. The number of benzene rings is 3. The van der Waals surface area contributed by atoms with Gasteiger partial charge in [-0.05, 0) is 23.3 Å². The summed E-state index contributed by atoms with van der Waals surface area (Å²) < 4.78 is 11.8. The van der Waals surface area contributed by atoms with Crippen LogP contribution in [0.4, 0.5) is 0 Å². The molecule has 0 spiro atoms. The maximum atomic E-state index is 13.1. The molecule has 1 fully saturated rings. The van der Waals surface area contributed by atoms with E-state index in [0.717, 1.165) is 11.1 Å².